The molecule has 0 aromatic carbocycles. The summed E-state index contributed by atoms with van der Waals surface area (Å²) in [5, 5.41) is 0. The summed E-state index contributed by atoms with van der Waals surface area (Å²) >= 11 is 0. The zero-order chi connectivity index (χ0) is 6.53. The van der Waals surface area contributed by atoms with Crippen molar-refractivity contribution in [2.45, 2.75) is 13.0 Å². The quantitative estimate of drug-likeness (QED) is 0.341. The van der Waals surface area contributed by atoms with Crippen molar-refractivity contribution in [2.24, 2.45) is 0 Å². The predicted molar refractivity (Wildman–Crippen MR) is 32.1 cm³/mol. The Labute approximate surface area is 54.1 Å². The number of rotatable bonds is 0. The Balaban J connectivity index is 2.29. The highest BCUT2D eigenvalue weighted by Crippen LogP contribution is 2.02. The summed E-state index contributed by atoms with van der Waals surface area (Å²) < 4.78 is 0. The first-order valence-electron chi connectivity index (χ1n) is 2.64. The summed E-state index contributed by atoms with van der Waals surface area (Å²) in [6.45, 7) is 2.31. The van der Waals surface area contributed by atoms with Gasteiger partial charge in [0.1, 0.15) is 6.61 Å². The molecule has 0 saturated carbocycles. The molecule has 1 fully saturated rings. The maximum Gasteiger partial charge on any atom is 0.180 e. The molecule has 0 aromatic heterocycles. The highest BCUT2D eigenvalue weighted by atomic mass is 17.2. The number of hydrogen-bond acceptors (Lipinski definition) is 2. The zero-order valence-corrected chi connectivity index (χ0v) is 5.10. The van der Waals surface area contributed by atoms with Gasteiger partial charge in [0.2, 0.25) is 0 Å². The van der Waals surface area contributed by atoms with Gasteiger partial charge >= 0.3 is 0 Å². The van der Waals surface area contributed by atoms with Crippen molar-refractivity contribution < 1.29 is 9.78 Å². The second-order valence-corrected chi connectivity index (χ2v) is 1.51. The van der Waals surface area contributed by atoms with Gasteiger partial charge in [-0.25, -0.2) is 9.78 Å². The third-order valence-electron chi connectivity index (χ3n) is 0.824. The predicted octanol–water partition coefficient (Wildman–Crippen LogP) is 0.344. The van der Waals surface area contributed by atoms with Crippen molar-refractivity contribution in [3.8, 4) is 23.7 Å². The molecular formula is C7H6O2. The standard InChI is InChI=1S/C7H6O2/c1-2-3-4-5-7-6-8-9-7/h7H,6H2,1H3. The van der Waals surface area contributed by atoms with Crippen LogP contribution in [0.4, 0.5) is 0 Å². The van der Waals surface area contributed by atoms with Crippen LogP contribution >= 0.6 is 0 Å². The second-order valence-electron chi connectivity index (χ2n) is 1.51. The van der Waals surface area contributed by atoms with Crippen LogP contribution in [-0.4, -0.2) is 12.7 Å². The van der Waals surface area contributed by atoms with E-state index >= 15 is 0 Å². The monoisotopic (exact) mass is 122 g/mol. The molecule has 9 heavy (non-hydrogen) atoms. The van der Waals surface area contributed by atoms with Gasteiger partial charge in [-0.2, -0.15) is 0 Å². The maximum absolute atomic E-state index is 4.54. The number of hydrogen-bond donors (Lipinski definition) is 0. The molecule has 2 nitrogen and oxygen atoms in total. The molecular weight excluding hydrogens is 116 g/mol. The smallest absolute Gasteiger partial charge is 0.180 e. The normalized spacial score (nSPS) is 22.1. The minimum absolute atomic E-state index is 0.0501. The SMILES string of the molecule is CC#CC#CC1COO1. The van der Waals surface area contributed by atoms with Crippen LogP contribution in [0.1, 0.15) is 6.92 Å². The van der Waals surface area contributed by atoms with Crippen LogP contribution < -0.4 is 0 Å². The summed E-state index contributed by atoms with van der Waals surface area (Å²) in [4.78, 5) is 8.95. The van der Waals surface area contributed by atoms with E-state index in [9.17, 15) is 0 Å². The Bertz CT molecular complexity index is 194. The van der Waals surface area contributed by atoms with Crippen LogP contribution in [0.3, 0.4) is 0 Å². The Morgan fingerprint density at radius 2 is 2.22 bits per heavy atom. The third-order valence-corrected chi connectivity index (χ3v) is 0.824. The average molecular weight is 122 g/mol. The van der Waals surface area contributed by atoms with E-state index in [1.165, 1.54) is 0 Å². The summed E-state index contributed by atoms with van der Waals surface area (Å²) in [7, 11) is 0. The highest BCUT2D eigenvalue weighted by Gasteiger charge is 2.16. The Hall–Kier alpha value is -0.960. The summed E-state index contributed by atoms with van der Waals surface area (Å²) in [5.74, 6) is 10.6. The molecule has 1 unspecified atom stereocenters. The highest BCUT2D eigenvalue weighted by molar-refractivity contribution is 5.26. The van der Waals surface area contributed by atoms with E-state index in [4.69, 9.17) is 0 Å². The first-order chi connectivity index (χ1) is 4.43. The van der Waals surface area contributed by atoms with Gasteiger partial charge < -0.3 is 0 Å². The zero-order valence-electron chi connectivity index (χ0n) is 5.10. The molecule has 1 aliphatic heterocycles. The molecule has 1 aliphatic rings. The second kappa shape index (κ2) is 3.14. The van der Waals surface area contributed by atoms with E-state index in [-0.39, 0.29) is 6.10 Å². The van der Waals surface area contributed by atoms with Crippen molar-refractivity contribution in [3.05, 3.63) is 0 Å². The van der Waals surface area contributed by atoms with Crippen LogP contribution in [0.5, 0.6) is 0 Å². The molecule has 1 heterocycles. The molecule has 0 spiro atoms. The molecule has 46 valence electrons. The van der Waals surface area contributed by atoms with Crippen molar-refractivity contribution in [2.75, 3.05) is 6.61 Å². The summed E-state index contributed by atoms with van der Waals surface area (Å²) in [5.41, 5.74) is 0. The first-order valence-corrected chi connectivity index (χ1v) is 2.64. The van der Waals surface area contributed by atoms with E-state index in [2.05, 4.69) is 33.5 Å². The molecule has 1 rings (SSSR count). The van der Waals surface area contributed by atoms with Gasteiger partial charge in [-0.3, -0.25) is 0 Å². The fraction of sp³-hybridized carbons (Fsp3) is 0.429. The maximum atomic E-state index is 4.54. The average Bonchev–Trinajstić information content (AvgIpc) is 1.76. The Kier molecular flexibility index (Phi) is 2.15. The van der Waals surface area contributed by atoms with Crippen LogP contribution in [0.15, 0.2) is 0 Å². The minimum Gasteiger partial charge on any atom is -0.231 e. The topological polar surface area (TPSA) is 18.5 Å². The van der Waals surface area contributed by atoms with E-state index in [0.717, 1.165) is 0 Å². The fourth-order valence-electron chi connectivity index (χ4n) is 0.381. The molecule has 0 aliphatic carbocycles. The van der Waals surface area contributed by atoms with Crippen molar-refractivity contribution >= 4 is 0 Å². The van der Waals surface area contributed by atoms with E-state index < -0.39 is 0 Å². The molecule has 0 radical (unpaired) electrons. The lowest BCUT2D eigenvalue weighted by molar-refractivity contribution is -0.407. The van der Waals surface area contributed by atoms with E-state index in [0.29, 0.717) is 6.61 Å². The van der Waals surface area contributed by atoms with Crippen molar-refractivity contribution in [1.82, 2.24) is 0 Å². The van der Waals surface area contributed by atoms with Crippen molar-refractivity contribution in [1.29, 1.82) is 0 Å². The van der Waals surface area contributed by atoms with Gasteiger partial charge in [0.25, 0.3) is 0 Å². The summed E-state index contributed by atoms with van der Waals surface area (Å²) in [6.07, 6.45) is -0.0501. The fourth-order valence-corrected chi connectivity index (χ4v) is 0.381. The molecule has 0 bridgehead atoms. The minimum atomic E-state index is -0.0501. The van der Waals surface area contributed by atoms with Crippen LogP contribution in [0.2, 0.25) is 0 Å². The molecule has 0 aromatic rings. The lowest BCUT2D eigenvalue weighted by atomic mass is 10.3. The molecule has 1 atom stereocenters. The lowest BCUT2D eigenvalue weighted by Crippen LogP contribution is -2.28. The van der Waals surface area contributed by atoms with Gasteiger partial charge in [-0.15, -0.1) is 0 Å². The van der Waals surface area contributed by atoms with Crippen LogP contribution in [0, 0.1) is 23.7 Å². The van der Waals surface area contributed by atoms with Gasteiger partial charge in [-0.1, -0.05) is 11.8 Å². The lowest BCUT2D eigenvalue weighted by Gasteiger charge is -2.18. The Morgan fingerprint density at radius 3 is 2.67 bits per heavy atom. The van der Waals surface area contributed by atoms with Gasteiger partial charge in [0, 0.05) is 0 Å². The molecule has 2 heteroatoms. The first kappa shape index (κ1) is 6.16. The Morgan fingerprint density at radius 1 is 1.44 bits per heavy atom. The third kappa shape index (κ3) is 1.77. The van der Waals surface area contributed by atoms with Crippen LogP contribution in [0.25, 0.3) is 0 Å². The molecule has 0 N–H and O–H groups in total. The van der Waals surface area contributed by atoms with Gasteiger partial charge in [-0.05, 0) is 18.8 Å². The van der Waals surface area contributed by atoms with E-state index in [1.807, 2.05) is 0 Å². The van der Waals surface area contributed by atoms with E-state index in [1.54, 1.807) is 6.92 Å². The van der Waals surface area contributed by atoms with Crippen molar-refractivity contribution in [3.63, 3.8) is 0 Å². The van der Waals surface area contributed by atoms with Gasteiger partial charge in [0.05, 0.1) is 0 Å². The largest absolute Gasteiger partial charge is 0.231 e. The van der Waals surface area contributed by atoms with Crippen LogP contribution in [-0.2, 0) is 9.78 Å². The molecule has 0 amide bonds. The molecule has 1 saturated heterocycles. The summed E-state index contributed by atoms with van der Waals surface area (Å²) in [6, 6.07) is 0. The van der Waals surface area contributed by atoms with Gasteiger partial charge in [0.15, 0.2) is 6.10 Å².